The molecule has 0 bridgehead atoms. The van der Waals surface area contributed by atoms with Crippen LogP contribution in [-0.2, 0) is 14.6 Å². The van der Waals surface area contributed by atoms with E-state index >= 15 is 0 Å². The first kappa shape index (κ1) is 8.46. The van der Waals surface area contributed by atoms with E-state index in [1.165, 1.54) is 6.92 Å². The zero-order chi connectivity index (χ0) is 8.65. The van der Waals surface area contributed by atoms with Crippen molar-refractivity contribution in [2.24, 2.45) is 5.92 Å². The number of ketones is 1. The molecule has 0 aromatic carbocycles. The van der Waals surface area contributed by atoms with Gasteiger partial charge in [0, 0.05) is 0 Å². The van der Waals surface area contributed by atoms with Gasteiger partial charge in [-0.25, -0.2) is 8.42 Å². The van der Waals surface area contributed by atoms with E-state index in [4.69, 9.17) is 0 Å². The predicted molar refractivity (Wildman–Crippen MR) is 42.0 cm³/mol. The standard InChI is InChI=1S/C7H10O3S/c1-5-3-11(9,10)4-7(5)6(2)8/h7H,1,3-4H2,2H3. The van der Waals surface area contributed by atoms with Gasteiger partial charge in [0.25, 0.3) is 0 Å². The van der Waals surface area contributed by atoms with Crippen LogP contribution in [0.15, 0.2) is 12.2 Å². The quantitative estimate of drug-likeness (QED) is 0.533. The van der Waals surface area contributed by atoms with E-state index < -0.39 is 15.8 Å². The molecule has 3 nitrogen and oxygen atoms in total. The molecule has 1 rings (SSSR count). The fourth-order valence-corrected chi connectivity index (χ4v) is 3.08. The van der Waals surface area contributed by atoms with E-state index in [0.29, 0.717) is 5.57 Å². The largest absolute Gasteiger partial charge is 0.299 e. The minimum atomic E-state index is -3.01. The second kappa shape index (κ2) is 2.44. The Bertz CT molecular complexity index is 300. The molecule has 0 spiro atoms. The number of sulfone groups is 1. The van der Waals surface area contributed by atoms with E-state index in [0.717, 1.165) is 0 Å². The molecule has 0 aliphatic carbocycles. The van der Waals surface area contributed by atoms with Crippen molar-refractivity contribution in [2.75, 3.05) is 11.5 Å². The van der Waals surface area contributed by atoms with E-state index in [-0.39, 0.29) is 17.3 Å². The van der Waals surface area contributed by atoms with Gasteiger partial charge in [0.05, 0.1) is 17.4 Å². The van der Waals surface area contributed by atoms with Crippen molar-refractivity contribution in [2.45, 2.75) is 6.92 Å². The van der Waals surface area contributed by atoms with Crippen molar-refractivity contribution in [1.29, 1.82) is 0 Å². The third kappa shape index (κ3) is 1.68. The van der Waals surface area contributed by atoms with Crippen molar-refractivity contribution in [3.63, 3.8) is 0 Å². The average Bonchev–Trinajstić information content (AvgIpc) is 2.05. The summed E-state index contributed by atoms with van der Waals surface area (Å²) < 4.78 is 21.9. The number of carbonyl (C=O) groups excluding carboxylic acids is 1. The molecule has 1 fully saturated rings. The fourth-order valence-electron chi connectivity index (χ4n) is 1.22. The molecule has 62 valence electrons. The highest BCUT2D eigenvalue weighted by molar-refractivity contribution is 7.91. The lowest BCUT2D eigenvalue weighted by molar-refractivity contribution is -0.119. The lowest BCUT2D eigenvalue weighted by Crippen LogP contribution is -2.13. The molecular formula is C7H10O3S. The molecule has 0 amide bonds. The van der Waals surface area contributed by atoms with Crippen molar-refractivity contribution < 1.29 is 13.2 Å². The van der Waals surface area contributed by atoms with Crippen LogP contribution >= 0.6 is 0 Å². The minimum Gasteiger partial charge on any atom is -0.299 e. The van der Waals surface area contributed by atoms with Gasteiger partial charge in [0.2, 0.25) is 0 Å². The summed E-state index contributed by atoms with van der Waals surface area (Å²) in [5, 5.41) is 0. The minimum absolute atomic E-state index is 0.0166. The molecule has 4 heteroatoms. The molecular weight excluding hydrogens is 164 g/mol. The van der Waals surface area contributed by atoms with Gasteiger partial charge in [-0.3, -0.25) is 4.79 Å². The van der Waals surface area contributed by atoms with Gasteiger partial charge < -0.3 is 0 Å². The van der Waals surface area contributed by atoms with E-state index in [1.54, 1.807) is 0 Å². The molecule has 1 aliphatic heterocycles. The second-order valence-electron chi connectivity index (χ2n) is 2.88. The molecule has 1 atom stereocenters. The highest BCUT2D eigenvalue weighted by Gasteiger charge is 2.33. The third-order valence-electron chi connectivity index (χ3n) is 1.81. The predicted octanol–water partition coefficient (Wildman–Crippen LogP) is 0.176. The molecule has 0 aromatic heterocycles. The van der Waals surface area contributed by atoms with Crippen LogP contribution in [0.3, 0.4) is 0 Å². The third-order valence-corrected chi connectivity index (χ3v) is 3.46. The molecule has 0 aromatic rings. The van der Waals surface area contributed by atoms with Gasteiger partial charge in [0.15, 0.2) is 9.84 Å². The van der Waals surface area contributed by atoms with Crippen molar-refractivity contribution in [1.82, 2.24) is 0 Å². The zero-order valence-electron chi connectivity index (χ0n) is 6.33. The number of hydrogen-bond donors (Lipinski definition) is 0. The molecule has 0 N–H and O–H groups in total. The van der Waals surface area contributed by atoms with Crippen molar-refractivity contribution in [3.8, 4) is 0 Å². The number of rotatable bonds is 1. The second-order valence-corrected chi connectivity index (χ2v) is 4.99. The first-order valence-corrected chi connectivity index (χ1v) is 5.13. The Hall–Kier alpha value is -0.640. The van der Waals surface area contributed by atoms with Gasteiger partial charge in [0.1, 0.15) is 5.78 Å². The molecule has 1 unspecified atom stereocenters. The number of Topliss-reactive ketones (excluding diaryl/α,β-unsaturated/α-hetero) is 1. The Morgan fingerprint density at radius 3 is 2.36 bits per heavy atom. The van der Waals surface area contributed by atoms with Crippen LogP contribution in [0.4, 0.5) is 0 Å². The van der Waals surface area contributed by atoms with Crippen molar-refractivity contribution in [3.05, 3.63) is 12.2 Å². The molecule has 1 saturated heterocycles. The summed E-state index contributed by atoms with van der Waals surface area (Å²) in [6.45, 7) is 4.95. The molecule has 0 radical (unpaired) electrons. The summed E-state index contributed by atoms with van der Waals surface area (Å²) in [6.07, 6.45) is 0. The van der Waals surface area contributed by atoms with Crippen LogP contribution in [0.2, 0.25) is 0 Å². The highest BCUT2D eigenvalue weighted by Crippen LogP contribution is 2.23. The number of carbonyl (C=O) groups is 1. The van der Waals surface area contributed by atoms with E-state index in [2.05, 4.69) is 6.58 Å². The summed E-state index contributed by atoms with van der Waals surface area (Å²) in [7, 11) is -3.01. The fraction of sp³-hybridized carbons (Fsp3) is 0.571. The van der Waals surface area contributed by atoms with E-state index in [1.807, 2.05) is 0 Å². The van der Waals surface area contributed by atoms with Gasteiger partial charge >= 0.3 is 0 Å². The SMILES string of the molecule is C=C1CS(=O)(=O)CC1C(C)=O. The maximum atomic E-state index is 10.9. The summed E-state index contributed by atoms with van der Waals surface area (Å²) in [6, 6.07) is 0. The Morgan fingerprint density at radius 1 is 1.64 bits per heavy atom. The molecule has 1 heterocycles. The molecule has 1 aliphatic rings. The smallest absolute Gasteiger partial charge is 0.155 e. The maximum absolute atomic E-state index is 10.9. The van der Waals surface area contributed by atoms with Gasteiger partial charge in [-0.1, -0.05) is 12.2 Å². The van der Waals surface area contributed by atoms with Crippen LogP contribution in [0.5, 0.6) is 0 Å². The van der Waals surface area contributed by atoms with Crippen LogP contribution in [0.1, 0.15) is 6.92 Å². The van der Waals surface area contributed by atoms with Crippen molar-refractivity contribution >= 4 is 15.6 Å². The lowest BCUT2D eigenvalue weighted by atomic mass is 10.0. The summed E-state index contributed by atoms with van der Waals surface area (Å²) >= 11 is 0. The Labute approximate surface area is 66.0 Å². The lowest BCUT2D eigenvalue weighted by Gasteiger charge is -2.01. The van der Waals surface area contributed by atoms with Crippen LogP contribution in [0.25, 0.3) is 0 Å². The summed E-state index contributed by atoms with van der Waals surface area (Å²) in [5.74, 6) is -0.602. The Kier molecular flexibility index (Phi) is 1.88. The van der Waals surface area contributed by atoms with Gasteiger partial charge in [-0.2, -0.15) is 0 Å². The van der Waals surface area contributed by atoms with E-state index in [9.17, 15) is 13.2 Å². The Morgan fingerprint density at radius 2 is 2.18 bits per heavy atom. The summed E-state index contributed by atoms with van der Waals surface area (Å²) in [4.78, 5) is 10.8. The normalized spacial score (nSPS) is 28.8. The molecule has 0 saturated carbocycles. The summed E-state index contributed by atoms with van der Waals surface area (Å²) in [5.41, 5.74) is 0.539. The maximum Gasteiger partial charge on any atom is 0.155 e. The monoisotopic (exact) mass is 174 g/mol. The van der Waals surface area contributed by atoms with Gasteiger partial charge in [-0.05, 0) is 6.92 Å². The first-order valence-electron chi connectivity index (χ1n) is 3.31. The van der Waals surface area contributed by atoms with Crippen LogP contribution in [-0.4, -0.2) is 25.7 Å². The van der Waals surface area contributed by atoms with Gasteiger partial charge in [-0.15, -0.1) is 0 Å². The Balaban J connectivity index is 2.92. The highest BCUT2D eigenvalue weighted by atomic mass is 32.2. The number of hydrogen-bond acceptors (Lipinski definition) is 3. The topological polar surface area (TPSA) is 51.2 Å². The first-order chi connectivity index (χ1) is 4.92. The zero-order valence-corrected chi connectivity index (χ0v) is 7.15. The molecule has 11 heavy (non-hydrogen) atoms. The van der Waals surface area contributed by atoms with Crippen LogP contribution < -0.4 is 0 Å². The van der Waals surface area contributed by atoms with Crippen LogP contribution in [0, 0.1) is 5.92 Å². The average molecular weight is 174 g/mol.